The minimum atomic E-state index is -0.0113. The molecule has 0 saturated carbocycles. The predicted molar refractivity (Wildman–Crippen MR) is 102 cm³/mol. The molecular formula is C20H26N4O3. The van der Waals surface area contributed by atoms with Gasteiger partial charge in [-0.1, -0.05) is 6.07 Å². The Labute approximate surface area is 159 Å². The quantitative estimate of drug-likeness (QED) is 0.721. The molecule has 7 nitrogen and oxygen atoms in total. The molecule has 0 aromatic carbocycles. The largest absolute Gasteiger partial charge is 0.467 e. The maximum absolute atomic E-state index is 12.3. The number of rotatable bonds is 8. The van der Waals surface area contributed by atoms with Gasteiger partial charge in [-0.25, -0.2) is 4.98 Å². The number of amides is 2. The number of carbonyl (C=O) groups excluding carboxylic acids is 2. The second-order valence-corrected chi connectivity index (χ2v) is 6.62. The Morgan fingerprint density at radius 2 is 1.85 bits per heavy atom. The minimum absolute atomic E-state index is 0.0113. The summed E-state index contributed by atoms with van der Waals surface area (Å²) < 4.78 is 5.17. The second kappa shape index (κ2) is 9.75. The molecule has 1 aliphatic rings. The van der Waals surface area contributed by atoms with Gasteiger partial charge in [-0.2, -0.15) is 0 Å². The van der Waals surface area contributed by atoms with Crippen LogP contribution < -0.4 is 10.2 Å². The Morgan fingerprint density at radius 1 is 1.04 bits per heavy atom. The van der Waals surface area contributed by atoms with Crippen LogP contribution in [0.15, 0.2) is 47.2 Å². The van der Waals surface area contributed by atoms with Gasteiger partial charge in [0, 0.05) is 45.2 Å². The average Bonchev–Trinajstić information content (AvgIpc) is 3.24. The third-order valence-electron chi connectivity index (χ3n) is 4.69. The summed E-state index contributed by atoms with van der Waals surface area (Å²) in [5, 5.41) is 2.82. The van der Waals surface area contributed by atoms with Gasteiger partial charge in [0.15, 0.2) is 0 Å². The van der Waals surface area contributed by atoms with Crippen LogP contribution in [0.3, 0.4) is 0 Å². The molecule has 1 aliphatic heterocycles. The van der Waals surface area contributed by atoms with Crippen molar-refractivity contribution in [3.63, 3.8) is 0 Å². The standard InChI is InChI=1S/C20H26N4O3/c25-19(22-16-17-6-5-15-27-17)8-1-2-9-20(26)24-13-11-23(12-14-24)18-7-3-4-10-21-18/h3-7,10,15H,1-2,8-9,11-14,16H2,(H,22,25). The van der Waals surface area contributed by atoms with Crippen LogP contribution in [-0.2, 0) is 16.1 Å². The summed E-state index contributed by atoms with van der Waals surface area (Å²) in [6.07, 6.45) is 5.74. The van der Waals surface area contributed by atoms with Crippen molar-refractivity contribution in [2.75, 3.05) is 31.1 Å². The van der Waals surface area contributed by atoms with Gasteiger partial charge in [0.2, 0.25) is 11.8 Å². The van der Waals surface area contributed by atoms with Crippen LogP contribution in [0.2, 0.25) is 0 Å². The zero-order valence-corrected chi connectivity index (χ0v) is 15.5. The summed E-state index contributed by atoms with van der Waals surface area (Å²) in [6, 6.07) is 9.50. The van der Waals surface area contributed by atoms with Crippen LogP contribution in [0.5, 0.6) is 0 Å². The Hall–Kier alpha value is -2.83. The van der Waals surface area contributed by atoms with Gasteiger partial charge < -0.3 is 19.5 Å². The van der Waals surface area contributed by atoms with Crippen molar-refractivity contribution in [3.05, 3.63) is 48.6 Å². The zero-order chi connectivity index (χ0) is 18.9. The number of hydrogen-bond donors (Lipinski definition) is 1. The fourth-order valence-corrected chi connectivity index (χ4v) is 3.13. The van der Waals surface area contributed by atoms with Gasteiger partial charge in [0.25, 0.3) is 0 Å². The molecule has 0 spiro atoms. The van der Waals surface area contributed by atoms with Crippen molar-refractivity contribution < 1.29 is 14.0 Å². The second-order valence-electron chi connectivity index (χ2n) is 6.62. The van der Waals surface area contributed by atoms with E-state index in [2.05, 4.69) is 15.2 Å². The monoisotopic (exact) mass is 370 g/mol. The molecule has 3 rings (SSSR count). The van der Waals surface area contributed by atoms with E-state index < -0.39 is 0 Å². The molecule has 1 N–H and O–H groups in total. The van der Waals surface area contributed by atoms with Crippen molar-refractivity contribution in [2.45, 2.75) is 32.2 Å². The maximum atomic E-state index is 12.3. The van der Waals surface area contributed by atoms with Gasteiger partial charge in [0.05, 0.1) is 12.8 Å². The Balaban J connectivity index is 1.28. The third kappa shape index (κ3) is 5.84. The summed E-state index contributed by atoms with van der Waals surface area (Å²) >= 11 is 0. The van der Waals surface area contributed by atoms with E-state index in [4.69, 9.17) is 4.42 Å². The van der Waals surface area contributed by atoms with Gasteiger partial charge in [-0.05, 0) is 37.1 Å². The molecule has 0 atom stereocenters. The van der Waals surface area contributed by atoms with Crippen molar-refractivity contribution in [3.8, 4) is 0 Å². The number of unbranched alkanes of at least 4 members (excludes halogenated alkanes) is 1. The Kier molecular flexibility index (Phi) is 6.84. The Morgan fingerprint density at radius 3 is 2.56 bits per heavy atom. The van der Waals surface area contributed by atoms with Gasteiger partial charge >= 0.3 is 0 Å². The van der Waals surface area contributed by atoms with Crippen LogP contribution in [0.25, 0.3) is 0 Å². The van der Waals surface area contributed by atoms with E-state index in [1.807, 2.05) is 29.2 Å². The number of pyridine rings is 1. The van der Waals surface area contributed by atoms with Gasteiger partial charge in [0.1, 0.15) is 11.6 Å². The van der Waals surface area contributed by atoms with E-state index in [0.29, 0.717) is 25.8 Å². The molecule has 0 radical (unpaired) electrons. The zero-order valence-electron chi connectivity index (χ0n) is 15.5. The fourth-order valence-electron chi connectivity index (χ4n) is 3.13. The van der Waals surface area contributed by atoms with Crippen LogP contribution >= 0.6 is 0 Å². The minimum Gasteiger partial charge on any atom is -0.467 e. The maximum Gasteiger partial charge on any atom is 0.222 e. The van der Waals surface area contributed by atoms with Crippen LogP contribution in [0.4, 0.5) is 5.82 Å². The molecule has 1 saturated heterocycles. The lowest BCUT2D eigenvalue weighted by atomic mass is 10.1. The number of nitrogens with one attached hydrogen (secondary N) is 1. The van der Waals surface area contributed by atoms with Crippen molar-refractivity contribution in [1.29, 1.82) is 0 Å². The molecule has 2 aromatic heterocycles. The van der Waals surface area contributed by atoms with Crippen LogP contribution in [0.1, 0.15) is 31.4 Å². The van der Waals surface area contributed by atoms with Crippen molar-refractivity contribution >= 4 is 17.6 Å². The summed E-state index contributed by atoms with van der Waals surface area (Å²) in [5.41, 5.74) is 0. The SMILES string of the molecule is O=C(CCCCC(=O)N1CCN(c2ccccn2)CC1)NCc1ccco1. The highest BCUT2D eigenvalue weighted by Crippen LogP contribution is 2.14. The van der Waals surface area contributed by atoms with E-state index in [9.17, 15) is 9.59 Å². The normalized spacial score (nSPS) is 14.2. The lowest BCUT2D eigenvalue weighted by Crippen LogP contribution is -2.49. The van der Waals surface area contributed by atoms with Crippen LogP contribution in [0, 0.1) is 0 Å². The topological polar surface area (TPSA) is 78.7 Å². The molecule has 0 aliphatic carbocycles. The molecule has 144 valence electrons. The average molecular weight is 370 g/mol. The third-order valence-corrected chi connectivity index (χ3v) is 4.69. The van der Waals surface area contributed by atoms with Crippen molar-refractivity contribution in [1.82, 2.24) is 15.2 Å². The fraction of sp³-hybridized carbons (Fsp3) is 0.450. The first-order valence-corrected chi connectivity index (χ1v) is 9.45. The summed E-state index contributed by atoms with van der Waals surface area (Å²) in [4.78, 5) is 32.6. The Bertz CT molecular complexity index is 710. The van der Waals surface area contributed by atoms with Gasteiger partial charge in [-0.3, -0.25) is 9.59 Å². The molecule has 27 heavy (non-hydrogen) atoms. The molecule has 0 bridgehead atoms. The summed E-state index contributed by atoms with van der Waals surface area (Å²) in [5.74, 6) is 1.86. The highest BCUT2D eigenvalue weighted by Gasteiger charge is 2.21. The number of nitrogens with zero attached hydrogens (tertiary/aromatic N) is 3. The first-order valence-electron chi connectivity index (χ1n) is 9.45. The summed E-state index contributed by atoms with van der Waals surface area (Å²) in [6.45, 7) is 3.46. The number of carbonyl (C=O) groups is 2. The molecule has 0 unspecified atom stereocenters. The predicted octanol–water partition coefficient (Wildman–Crippen LogP) is 2.20. The lowest BCUT2D eigenvalue weighted by molar-refractivity contribution is -0.131. The first kappa shape index (κ1) is 18.9. The van der Waals surface area contributed by atoms with Crippen molar-refractivity contribution in [2.24, 2.45) is 0 Å². The highest BCUT2D eigenvalue weighted by molar-refractivity contribution is 5.77. The number of aromatic nitrogens is 1. The van der Waals surface area contributed by atoms with E-state index in [-0.39, 0.29) is 11.8 Å². The van der Waals surface area contributed by atoms with E-state index in [1.165, 1.54) is 0 Å². The molecular weight excluding hydrogens is 344 g/mol. The van der Waals surface area contributed by atoms with E-state index in [0.717, 1.165) is 44.2 Å². The molecule has 2 amide bonds. The number of furan rings is 1. The van der Waals surface area contributed by atoms with Crippen LogP contribution in [-0.4, -0.2) is 47.9 Å². The van der Waals surface area contributed by atoms with E-state index in [1.54, 1.807) is 18.5 Å². The van der Waals surface area contributed by atoms with Gasteiger partial charge in [-0.15, -0.1) is 0 Å². The van der Waals surface area contributed by atoms with E-state index >= 15 is 0 Å². The highest BCUT2D eigenvalue weighted by atomic mass is 16.3. The number of piperazine rings is 1. The lowest BCUT2D eigenvalue weighted by Gasteiger charge is -2.35. The molecule has 7 heteroatoms. The summed E-state index contributed by atoms with van der Waals surface area (Å²) in [7, 11) is 0. The number of anilines is 1. The molecule has 1 fully saturated rings. The molecule has 2 aromatic rings. The first-order chi connectivity index (χ1) is 13.2. The number of hydrogen-bond acceptors (Lipinski definition) is 5. The molecule has 3 heterocycles. The smallest absolute Gasteiger partial charge is 0.222 e.